The van der Waals surface area contributed by atoms with Crippen molar-refractivity contribution in [3.05, 3.63) is 59.2 Å². The van der Waals surface area contributed by atoms with Crippen LogP contribution in [-0.2, 0) is 6.42 Å². The van der Waals surface area contributed by atoms with Crippen LogP contribution in [0.4, 0.5) is 0 Å². The van der Waals surface area contributed by atoms with Crippen LogP contribution in [0.15, 0.2) is 42.5 Å². The number of benzene rings is 2. The largest absolute Gasteiger partial charge is 0.497 e. The number of carbonyl (C=O) groups excluding carboxylic acids is 2. The van der Waals surface area contributed by atoms with Crippen molar-refractivity contribution in [1.82, 2.24) is 0 Å². The molecule has 0 spiro atoms. The fraction of sp³-hybridized carbons (Fsp3) is 0.391. The first-order valence-electron chi connectivity index (χ1n) is 9.74. The van der Waals surface area contributed by atoms with E-state index in [0.717, 1.165) is 43.0 Å². The second-order valence-electron chi connectivity index (χ2n) is 7.30. The lowest BCUT2D eigenvalue weighted by Crippen LogP contribution is -3.15. The standard InChI is InChI=1S/C23H27NO4/c1-16(25)18-8-11-22(28-3)19(14-18)15-21(24-12-4-5-13-24)23(26)17-6-9-20(27-2)10-7-17/h6-11,14,21H,4-5,12-13,15H2,1-3H3/p+1/t21-/m1/s1. The topological polar surface area (TPSA) is 57.0 Å². The molecule has 0 saturated carbocycles. The van der Waals surface area contributed by atoms with E-state index in [1.165, 1.54) is 4.90 Å². The van der Waals surface area contributed by atoms with Gasteiger partial charge in [-0.3, -0.25) is 9.59 Å². The normalized spacial score (nSPS) is 15.2. The third-order valence-electron chi connectivity index (χ3n) is 5.54. The molecule has 0 aliphatic carbocycles. The maximum atomic E-state index is 13.4. The maximum absolute atomic E-state index is 13.4. The SMILES string of the molecule is COc1ccc(C(=O)[C@@H](Cc2cc(C(C)=O)ccc2OC)[NH+]2CCCC2)cc1. The van der Waals surface area contributed by atoms with E-state index in [-0.39, 0.29) is 17.6 Å². The van der Waals surface area contributed by atoms with Crippen molar-refractivity contribution in [2.24, 2.45) is 0 Å². The number of hydrogen-bond donors (Lipinski definition) is 1. The second-order valence-corrected chi connectivity index (χ2v) is 7.30. The Bertz CT molecular complexity index is 838. The number of quaternary nitrogens is 1. The van der Waals surface area contributed by atoms with Gasteiger partial charge in [0.25, 0.3) is 0 Å². The van der Waals surface area contributed by atoms with Crippen LogP contribution in [0.3, 0.4) is 0 Å². The van der Waals surface area contributed by atoms with Crippen LogP contribution in [0, 0.1) is 0 Å². The van der Waals surface area contributed by atoms with E-state index in [4.69, 9.17) is 9.47 Å². The zero-order valence-electron chi connectivity index (χ0n) is 16.8. The molecule has 3 rings (SSSR count). The minimum Gasteiger partial charge on any atom is -0.497 e. The average Bonchev–Trinajstić information content (AvgIpc) is 3.25. The molecular weight excluding hydrogens is 354 g/mol. The first-order valence-corrected chi connectivity index (χ1v) is 9.74. The van der Waals surface area contributed by atoms with Crippen LogP contribution in [0.5, 0.6) is 11.5 Å². The van der Waals surface area contributed by atoms with Gasteiger partial charge in [0.1, 0.15) is 11.5 Å². The van der Waals surface area contributed by atoms with Crippen molar-refractivity contribution >= 4 is 11.6 Å². The van der Waals surface area contributed by atoms with Gasteiger partial charge < -0.3 is 14.4 Å². The molecule has 0 aromatic heterocycles. The van der Waals surface area contributed by atoms with Crippen LogP contribution in [0.1, 0.15) is 46.0 Å². The number of nitrogens with one attached hydrogen (secondary N) is 1. The number of ether oxygens (including phenoxy) is 2. The Morgan fingerprint density at radius 1 is 0.964 bits per heavy atom. The summed E-state index contributed by atoms with van der Waals surface area (Å²) in [5, 5.41) is 0. The first-order chi connectivity index (χ1) is 13.5. The van der Waals surface area contributed by atoms with Crippen LogP contribution in [-0.4, -0.2) is 44.9 Å². The summed E-state index contributed by atoms with van der Waals surface area (Å²) in [7, 11) is 3.23. The van der Waals surface area contributed by atoms with E-state index < -0.39 is 0 Å². The Morgan fingerprint density at radius 2 is 1.61 bits per heavy atom. The zero-order valence-corrected chi connectivity index (χ0v) is 16.8. The molecule has 1 aliphatic rings. The molecule has 1 saturated heterocycles. The van der Waals surface area contributed by atoms with E-state index in [9.17, 15) is 9.59 Å². The molecule has 0 amide bonds. The van der Waals surface area contributed by atoms with Gasteiger partial charge >= 0.3 is 0 Å². The Labute approximate surface area is 166 Å². The Kier molecular flexibility index (Phi) is 6.47. The molecule has 1 atom stereocenters. The van der Waals surface area contributed by atoms with Crippen molar-refractivity contribution in [3.63, 3.8) is 0 Å². The Balaban J connectivity index is 1.93. The quantitative estimate of drug-likeness (QED) is 0.713. The van der Waals surface area contributed by atoms with Gasteiger partial charge in [0.05, 0.1) is 27.3 Å². The first kappa shape index (κ1) is 20.1. The van der Waals surface area contributed by atoms with E-state index >= 15 is 0 Å². The third-order valence-corrected chi connectivity index (χ3v) is 5.54. The molecule has 1 aliphatic heterocycles. The monoisotopic (exact) mass is 382 g/mol. The van der Waals surface area contributed by atoms with Gasteiger partial charge in [-0.15, -0.1) is 0 Å². The minimum absolute atomic E-state index is 0.00968. The van der Waals surface area contributed by atoms with Crippen LogP contribution >= 0.6 is 0 Å². The summed E-state index contributed by atoms with van der Waals surface area (Å²) >= 11 is 0. The summed E-state index contributed by atoms with van der Waals surface area (Å²) in [6.07, 6.45) is 2.81. The molecule has 0 bridgehead atoms. The summed E-state index contributed by atoms with van der Waals surface area (Å²) in [5.41, 5.74) is 2.23. The summed E-state index contributed by atoms with van der Waals surface area (Å²) in [6.45, 7) is 3.53. The van der Waals surface area contributed by atoms with Crippen molar-refractivity contribution in [1.29, 1.82) is 0 Å². The number of carbonyl (C=O) groups is 2. The van der Waals surface area contributed by atoms with E-state index in [2.05, 4.69) is 0 Å². The highest BCUT2D eigenvalue weighted by atomic mass is 16.5. The number of ketones is 2. The highest BCUT2D eigenvalue weighted by Crippen LogP contribution is 2.23. The number of hydrogen-bond acceptors (Lipinski definition) is 4. The van der Waals surface area contributed by atoms with Crippen molar-refractivity contribution < 1.29 is 24.0 Å². The van der Waals surface area contributed by atoms with Gasteiger partial charge in [-0.1, -0.05) is 0 Å². The maximum Gasteiger partial charge on any atom is 0.220 e. The van der Waals surface area contributed by atoms with E-state index in [0.29, 0.717) is 17.5 Å². The Hall–Kier alpha value is -2.66. The molecule has 1 N–H and O–H groups in total. The molecule has 0 radical (unpaired) electrons. The smallest absolute Gasteiger partial charge is 0.220 e. The predicted octanol–water partition coefficient (Wildman–Crippen LogP) is 2.38. The van der Waals surface area contributed by atoms with Gasteiger partial charge in [-0.2, -0.15) is 0 Å². The van der Waals surface area contributed by atoms with Crippen molar-refractivity contribution in [2.75, 3.05) is 27.3 Å². The lowest BCUT2D eigenvalue weighted by molar-refractivity contribution is -0.903. The molecule has 148 valence electrons. The second kappa shape index (κ2) is 9.02. The molecule has 2 aromatic rings. The number of likely N-dealkylation sites (tertiary alicyclic amines) is 1. The van der Waals surface area contributed by atoms with Crippen molar-refractivity contribution in [3.8, 4) is 11.5 Å². The zero-order chi connectivity index (χ0) is 20.1. The molecular formula is C23H28NO4+. The number of rotatable bonds is 8. The van der Waals surface area contributed by atoms with Crippen molar-refractivity contribution in [2.45, 2.75) is 32.2 Å². The van der Waals surface area contributed by atoms with Gasteiger partial charge in [-0.25, -0.2) is 0 Å². The lowest BCUT2D eigenvalue weighted by Gasteiger charge is -2.24. The van der Waals surface area contributed by atoms with Crippen LogP contribution in [0.2, 0.25) is 0 Å². The van der Waals surface area contributed by atoms with Gasteiger partial charge in [0, 0.05) is 36.0 Å². The molecule has 0 unspecified atom stereocenters. The Morgan fingerprint density at radius 3 is 2.18 bits per heavy atom. The lowest BCUT2D eigenvalue weighted by atomic mass is 9.94. The highest BCUT2D eigenvalue weighted by Gasteiger charge is 2.33. The van der Waals surface area contributed by atoms with Gasteiger partial charge in [0.15, 0.2) is 11.8 Å². The molecule has 5 heteroatoms. The fourth-order valence-electron chi connectivity index (χ4n) is 3.93. The summed E-state index contributed by atoms with van der Waals surface area (Å²) in [6, 6.07) is 12.5. The van der Waals surface area contributed by atoms with Crippen LogP contribution < -0.4 is 14.4 Å². The summed E-state index contributed by atoms with van der Waals surface area (Å²) in [5.74, 6) is 1.58. The molecule has 1 fully saturated rings. The molecule has 5 nitrogen and oxygen atoms in total. The molecule has 2 aromatic carbocycles. The van der Waals surface area contributed by atoms with Gasteiger partial charge in [0.2, 0.25) is 5.78 Å². The molecule has 1 heterocycles. The van der Waals surface area contributed by atoms with Crippen LogP contribution in [0.25, 0.3) is 0 Å². The highest BCUT2D eigenvalue weighted by molar-refractivity contribution is 5.99. The van der Waals surface area contributed by atoms with E-state index in [1.54, 1.807) is 27.2 Å². The average molecular weight is 382 g/mol. The van der Waals surface area contributed by atoms with Gasteiger partial charge in [-0.05, 0) is 49.4 Å². The fourth-order valence-corrected chi connectivity index (χ4v) is 3.93. The number of Topliss-reactive ketones (excluding diaryl/α,β-unsaturated/α-hetero) is 2. The number of methoxy groups -OCH3 is 2. The molecule has 28 heavy (non-hydrogen) atoms. The van der Waals surface area contributed by atoms with E-state index in [1.807, 2.05) is 36.4 Å². The minimum atomic E-state index is -0.202. The summed E-state index contributed by atoms with van der Waals surface area (Å²) < 4.78 is 10.7. The predicted molar refractivity (Wildman–Crippen MR) is 108 cm³/mol. The summed E-state index contributed by atoms with van der Waals surface area (Å²) in [4.78, 5) is 26.5. The third kappa shape index (κ3) is 4.42.